The molecule has 2 heterocycles. The van der Waals surface area contributed by atoms with Crippen LogP contribution >= 0.6 is 0 Å². The summed E-state index contributed by atoms with van der Waals surface area (Å²) >= 11 is 0. The van der Waals surface area contributed by atoms with Gasteiger partial charge in [0.25, 0.3) is 0 Å². The number of aliphatic hydroxyl groups excluding tert-OH is 1. The minimum absolute atomic E-state index is 0.221. The molecule has 0 atom stereocenters. The van der Waals surface area contributed by atoms with Crippen LogP contribution in [0.5, 0.6) is 0 Å². The molecule has 9 heteroatoms. The Morgan fingerprint density at radius 1 is 1.19 bits per heavy atom. The number of benzene rings is 1. The zero-order valence-corrected chi connectivity index (χ0v) is 16.1. The lowest BCUT2D eigenvalue weighted by atomic mass is 10.0. The van der Waals surface area contributed by atoms with Crippen molar-refractivity contribution in [1.82, 2.24) is 4.98 Å². The highest BCUT2D eigenvalue weighted by atomic mass is 32.2. The molecule has 0 fully saturated rings. The van der Waals surface area contributed by atoms with Crippen molar-refractivity contribution in [3.05, 3.63) is 58.9 Å². The van der Waals surface area contributed by atoms with E-state index in [-0.39, 0.29) is 21.9 Å². The molecule has 0 aliphatic carbocycles. The smallest absolute Gasteiger partial charge is 0.232 e. The van der Waals surface area contributed by atoms with Crippen molar-refractivity contribution >= 4 is 36.2 Å². The Labute approximate surface area is 152 Å². The maximum Gasteiger partial charge on any atom is 0.232 e. The normalized spacial score (nSPS) is 16.3. The van der Waals surface area contributed by atoms with Crippen LogP contribution in [-0.4, -0.2) is 40.2 Å². The standard InChI is InChI=1S/C17H18N2O5S2/c1-11-13(7-4-8-14(11)19(2)25(3,21)22)17-16(20)15-12(6-5-9-18-15)10-26(17,23)24/h4-9,20H,10H2,1-3H3. The van der Waals surface area contributed by atoms with E-state index in [1.807, 2.05) is 0 Å². The van der Waals surface area contributed by atoms with Crippen LogP contribution in [0, 0.1) is 6.92 Å². The monoisotopic (exact) mass is 394 g/mol. The molecule has 0 saturated carbocycles. The zero-order valence-electron chi connectivity index (χ0n) is 14.5. The van der Waals surface area contributed by atoms with Crippen LogP contribution in [0.1, 0.15) is 22.4 Å². The summed E-state index contributed by atoms with van der Waals surface area (Å²) in [6, 6.07) is 7.90. The second-order valence-corrected chi connectivity index (χ2v) is 10.1. The Balaban J connectivity index is 2.30. The number of sulfonamides is 1. The van der Waals surface area contributed by atoms with Gasteiger partial charge in [0.1, 0.15) is 10.6 Å². The first-order valence-electron chi connectivity index (χ1n) is 7.68. The maximum absolute atomic E-state index is 12.8. The lowest BCUT2D eigenvalue weighted by molar-refractivity contribution is 0.508. The van der Waals surface area contributed by atoms with Crippen LogP contribution in [0.15, 0.2) is 36.5 Å². The number of aromatic nitrogens is 1. The number of fused-ring (bicyclic) bond motifs is 1. The predicted octanol–water partition coefficient (Wildman–Crippen LogP) is 2.10. The predicted molar refractivity (Wildman–Crippen MR) is 101 cm³/mol. The topological polar surface area (TPSA) is 105 Å². The third-order valence-corrected chi connectivity index (χ3v) is 7.29. The van der Waals surface area contributed by atoms with Gasteiger partial charge in [-0.05, 0) is 30.2 Å². The van der Waals surface area contributed by atoms with Crippen LogP contribution in [0.3, 0.4) is 0 Å². The van der Waals surface area contributed by atoms with Crippen molar-refractivity contribution in [3.63, 3.8) is 0 Å². The molecular formula is C17H18N2O5S2. The van der Waals surface area contributed by atoms with Crippen molar-refractivity contribution in [2.24, 2.45) is 0 Å². The Kier molecular flexibility index (Phi) is 4.32. The summed E-state index contributed by atoms with van der Waals surface area (Å²) in [6.07, 6.45) is 2.54. The lowest BCUT2D eigenvalue weighted by Crippen LogP contribution is -2.26. The van der Waals surface area contributed by atoms with Gasteiger partial charge in [-0.3, -0.25) is 9.29 Å². The highest BCUT2D eigenvalue weighted by Crippen LogP contribution is 2.40. The number of aliphatic hydroxyl groups is 1. The maximum atomic E-state index is 12.8. The van der Waals surface area contributed by atoms with E-state index in [0.717, 1.165) is 10.6 Å². The van der Waals surface area contributed by atoms with E-state index >= 15 is 0 Å². The molecule has 26 heavy (non-hydrogen) atoms. The first-order chi connectivity index (χ1) is 12.0. The van der Waals surface area contributed by atoms with Crippen LogP contribution in [0.2, 0.25) is 0 Å². The van der Waals surface area contributed by atoms with Crippen molar-refractivity contribution in [1.29, 1.82) is 0 Å². The Bertz CT molecular complexity index is 1140. The van der Waals surface area contributed by atoms with Crippen molar-refractivity contribution in [2.75, 3.05) is 17.6 Å². The minimum atomic E-state index is -3.82. The van der Waals surface area contributed by atoms with Gasteiger partial charge in [0.2, 0.25) is 10.0 Å². The summed E-state index contributed by atoms with van der Waals surface area (Å²) in [5.74, 6) is -0.699. The molecule has 1 N–H and O–H groups in total. The molecule has 2 aromatic rings. The van der Waals surface area contributed by atoms with E-state index in [4.69, 9.17) is 0 Å². The molecule has 0 spiro atoms. The van der Waals surface area contributed by atoms with E-state index in [0.29, 0.717) is 16.8 Å². The number of nitrogens with zero attached hydrogens (tertiary/aromatic N) is 2. The molecule has 1 aromatic heterocycles. The molecule has 0 saturated heterocycles. The molecule has 1 aromatic carbocycles. The van der Waals surface area contributed by atoms with Gasteiger partial charge in [-0.15, -0.1) is 0 Å². The number of hydrogen-bond acceptors (Lipinski definition) is 6. The average molecular weight is 394 g/mol. The van der Waals surface area contributed by atoms with Crippen molar-refractivity contribution in [3.8, 4) is 0 Å². The number of pyridine rings is 1. The Hall–Kier alpha value is -2.39. The summed E-state index contributed by atoms with van der Waals surface area (Å²) in [4.78, 5) is 3.86. The fraction of sp³-hybridized carbons (Fsp3) is 0.235. The number of sulfone groups is 1. The highest BCUT2D eigenvalue weighted by molar-refractivity contribution is 8.00. The van der Waals surface area contributed by atoms with Gasteiger partial charge < -0.3 is 5.11 Å². The first kappa shape index (κ1) is 18.4. The van der Waals surface area contributed by atoms with E-state index in [2.05, 4.69) is 4.98 Å². The summed E-state index contributed by atoms with van der Waals surface area (Å²) in [7, 11) is -5.95. The van der Waals surface area contributed by atoms with Crippen LogP contribution in [-0.2, 0) is 25.6 Å². The van der Waals surface area contributed by atoms with Crippen LogP contribution < -0.4 is 4.31 Å². The van der Waals surface area contributed by atoms with E-state index in [1.165, 1.54) is 13.2 Å². The van der Waals surface area contributed by atoms with Gasteiger partial charge in [0, 0.05) is 18.8 Å². The first-order valence-corrected chi connectivity index (χ1v) is 11.2. The lowest BCUT2D eigenvalue weighted by Gasteiger charge is -2.24. The van der Waals surface area contributed by atoms with Gasteiger partial charge in [0.15, 0.2) is 15.6 Å². The van der Waals surface area contributed by atoms with Gasteiger partial charge in [-0.25, -0.2) is 16.8 Å². The third-order valence-electron chi connectivity index (χ3n) is 4.37. The minimum Gasteiger partial charge on any atom is -0.504 e. The largest absolute Gasteiger partial charge is 0.504 e. The number of hydrogen-bond donors (Lipinski definition) is 1. The summed E-state index contributed by atoms with van der Waals surface area (Å²) in [5.41, 5.74) is 1.68. The average Bonchev–Trinajstić information content (AvgIpc) is 2.54. The fourth-order valence-corrected chi connectivity index (χ4v) is 5.27. The van der Waals surface area contributed by atoms with Crippen molar-refractivity contribution < 1.29 is 21.9 Å². The quantitative estimate of drug-likeness (QED) is 0.855. The molecule has 0 amide bonds. The Morgan fingerprint density at radius 2 is 1.88 bits per heavy atom. The van der Waals surface area contributed by atoms with E-state index < -0.39 is 25.6 Å². The van der Waals surface area contributed by atoms with E-state index in [1.54, 1.807) is 37.3 Å². The SMILES string of the molecule is Cc1c(C2=C(O)c3ncccc3CS2(=O)=O)cccc1N(C)S(C)(=O)=O. The van der Waals surface area contributed by atoms with E-state index in [9.17, 15) is 21.9 Å². The second kappa shape index (κ2) is 6.10. The molecule has 0 radical (unpaired) electrons. The van der Waals surface area contributed by atoms with Gasteiger partial charge >= 0.3 is 0 Å². The van der Waals surface area contributed by atoms with Gasteiger partial charge in [0.05, 0.1) is 17.7 Å². The third kappa shape index (κ3) is 2.97. The Morgan fingerprint density at radius 3 is 2.54 bits per heavy atom. The molecule has 1 aliphatic rings. The molecule has 1 aliphatic heterocycles. The molecule has 3 rings (SSSR count). The molecule has 0 bridgehead atoms. The number of rotatable bonds is 3. The molecule has 0 unspecified atom stereocenters. The summed E-state index contributed by atoms with van der Waals surface area (Å²) in [5, 5.41) is 10.6. The van der Waals surface area contributed by atoms with Crippen molar-refractivity contribution in [2.45, 2.75) is 12.7 Å². The van der Waals surface area contributed by atoms with Gasteiger partial charge in [-0.1, -0.05) is 18.2 Å². The second-order valence-electron chi connectivity index (χ2n) is 6.13. The van der Waals surface area contributed by atoms with Crippen LogP contribution in [0.4, 0.5) is 5.69 Å². The number of anilines is 1. The summed E-state index contributed by atoms with van der Waals surface area (Å²) in [6.45, 7) is 1.62. The highest BCUT2D eigenvalue weighted by Gasteiger charge is 2.34. The summed E-state index contributed by atoms with van der Waals surface area (Å²) < 4.78 is 50.4. The molecular weight excluding hydrogens is 376 g/mol. The fourth-order valence-electron chi connectivity index (χ4n) is 2.98. The molecule has 7 nitrogen and oxygen atoms in total. The zero-order chi connectivity index (χ0) is 19.3. The van der Waals surface area contributed by atoms with Gasteiger partial charge in [-0.2, -0.15) is 0 Å². The van der Waals surface area contributed by atoms with Crippen LogP contribution in [0.25, 0.3) is 10.7 Å². The molecule has 138 valence electrons.